The summed E-state index contributed by atoms with van der Waals surface area (Å²) >= 11 is 0. The molecule has 0 spiro atoms. The van der Waals surface area contributed by atoms with Gasteiger partial charge in [-0.2, -0.15) is 0 Å². The third-order valence-corrected chi connectivity index (χ3v) is 3.05. The molecule has 4 nitrogen and oxygen atoms in total. The van der Waals surface area contributed by atoms with Crippen LogP contribution in [0.4, 0.5) is 0 Å². The van der Waals surface area contributed by atoms with E-state index < -0.39 is 6.10 Å². The highest BCUT2D eigenvalue weighted by Crippen LogP contribution is 2.16. The summed E-state index contributed by atoms with van der Waals surface area (Å²) in [6, 6.07) is 6.01. The zero-order valence-corrected chi connectivity index (χ0v) is 12.9. The monoisotopic (exact) mass is 281 g/mol. The molecule has 1 unspecified atom stereocenters. The number of hydrogen-bond acceptors (Lipinski definition) is 4. The third-order valence-electron chi connectivity index (χ3n) is 3.05. The molecule has 4 heteroatoms. The van der Waals surface area contributed by atoms with E-state index in [-0.39, 0.29) is 18.6 Å². The van der Waals surface area contributed by atoms with Gasteiger partial charge >= 0.3 is 0 Å². The quantitative estimate of drug-likeness (QED) is 0.678. The van der Waals surface area contributed by atoms with Gasteiger partial charge < -0.3 is 20.3 Å². The molecule has 1 aromatic rings. The molecular weight excluding hydrogens is 254 g/mol. The van der Waals surface area contributed by atoms with E-state index in [0.717, 1.165) is 16.9 Å². The summed E-state index contributed by atoms with van der Waals surface area (Å²) in [6.45, 7) is 9.48. The van der Waals surface area contributed by atoms with E-state index >= 15 is 0 Å². The molecule has 1 rings (SSSR count). The number of hydrogen-bond donors (Lipinski definition) is 3. The largest absolute Gasteiger partial charge is 0.491 e. The second-order valence-corrected chi connectivity index (χ2v) is 6.24. The Morgan fingerprint density at radius 2 is 1.80 bits per heavy atom. The summed E-state index contributed by atoms with van der Waals surface area (Å²) in [5.41, 5.74) is 2.13. The number of aliphatic hydroxyl groups is 2. The number of benzene rings is 1. The van der Waals surface area contributed by atoms with Crippen LogP contribution in [0.25, 0.3) is 0 Å². The maximum atomic E-state index is 9.87. The van der Waals surface area contributed by atoms with E-state index in [1.54, 1.807) is 0 Å². The van der Waals surface area contributed by atoms with E-state index in [4.69, 9.17) is 9.84 Å². The van der Waals surface area contributed by atoms with E-state index in [0.29, 0.717) is 13.1 Å². The topological polar surface area (TPSA) is 61.7 Å². The first-order chi connectivity index (χ1) is 9.32. The Morgan fingerprint density at radius 3 is 2.35 bits per heavy atom. The lowest BCUT2D eigenvalue weighted by molar-refractivity contribution is 0.0979. The van der Waals surface area contributed by atoms with Gasteiger partial charge in [0.1, 0.15) is 18.5 Å². The summed E-state index contributed by atoms with van der Waals surface area (Å²) in [7, 11) is 0. The minimum Gasteiger partial charge on any atom is -0.491 e. The van der Waals surface area contributed by atoms with Gasteiger partial charge in [-0.25, -0.2) is 0 Å². The van der Waals surface area contributed by atoms with Crippen molar-refractivity contribution in [1.29, 1.82) is 0 Å². The molecule has 0 aromatic heterocycles. The van der Waals surface area contributed by atoms with Crippen LogP contribution in [0.5, 0.6) is 5.75 Å². The molecule has 0 radical (unpaired) electrons. The number of nitrogens with one attached hydrogen (secondary N) is 1. The van der Waals surface area contributed by atoms with Crippen molar-refractivity contribution in [3.05, 3.63) is 29.3 Å². The lowest BCUT2D eigenvalue weighted by Crippen LogP contribution is -2.38. The molecule has 0 aliphatic heterocycles. The number of aliphatic hydroxyl groups excluding tert-OH is 2. The molecule has 0 saturated heterocycles. The van der Waals surface area contributed by atoms with Crippen molar-refractivity contribution in [2.24, 2.45) is 5.41 Å². The summed E-state index contributed by atoms with van der Waals surface area (Å²) in [5.74, 6) is 0.789. The minimum absolute atomic E-state index is 0.120. The molecule has 114 valence electrons. The smallest absolute Gasteiger partial charge is 0.119 e. The molecule has 1 aromatic carbocycles. The van der Waals surface area contributed by atoms with Crippen LogP contribution in [0.15, 0.2) is 18.2 Å². The molecule has 0 amide bonds. The average Bonchev–Trinajstić information content (AvgIpc) is 2.35. The summed E-state index contributed by atoms with van der Waals surface area (Å²) in [4.78, 5) is 0. The number of aryl methyl sites for hydroxylation is 2. The van der Waals surface area contributed by atoms with Crippen LogP contribution in [0, 0.1) is 19.3 Å². The first-order valence-electron chi connectivity index (χ1n) is 7.03. The lowest BCUT2D eigenvalue weighted by Gasteiger charge is -2.23. The van der Waals surface area contributed by atoms with Crippen LogP contribution in [-0.2, 0) is 0 Å². The highest BCUT2D eigenvalue weighted by Gasteiger charge is 2.16. The fourth-order valence-corrected chi connectivity index (χ4v) is 1.90. The lowest BCUT2D eigenvalue weighted by atomic mass is 9.95. The van der Waals surface area contributed by atoms with Gasteiger partial charge in [-0.3, -0.25) is 0 Å². The van der Waals surface area contributed by atoms with E-state index in [9.17, 15) is 5.11 Å². The summed E-state index contributed by atoms with van der Waals surface area (Å²) in [6.07, 6.45) is -0.565. The molecule has 0 fully saturated rings. The Hall–Kier alpha value is -1.10. The maximum absolute atomic E-state index is 9.87. The van der Waals surface area contributed by atoms with Crippen LogP contribution in [0.1, 0.15) is 25.0 Å². The van der Waals surface area contributed by atoms with Gasteiger partial charge in [-0.05, 0) is 37.1 Å². The van der Waals surface area contributed by atoms with Gasteiger partial charge in [0.25, 0.3) is 0 Å². The standard InChI is InChI=1S/C16H27NO3/c1-12-5-13(2)7-15(6-12)20-9-14(19)8-17-10-16(3,4)11-18/h5-7,14,17-19H,8-11H2,1-4H3. The second-order valence-electron chi connectivity index (χ2n) is 6.24. The highest BCUT2D eigenvalue weighted by molar-refractivity contribution is 5.32. The molecule has 0 heterocycles. The second kappa shape index (κ2) is 7.62. The Balaban J connectivity index is 2.31. The van der Waals surface area contributed by atoms with Crippen molar-refractivity contribution in [1.82, 2.24) is 5.32 Å². The van der Waals surface area contributed by atoms with Crippen molar-refractivity contribution < 1.29 is 14.9 Å². The third kappa shape index (κ3) is 6.37. The van der Waals surface area contributed by atoms with Crippen LogP contribution < -0.4 is 10.1 Å². The number of rotatable bonds is 8. The average molecular weight is 281 g/mol. The molecule has 0 saturated carbocycles. The first kappa shape index (κ1) is 17.0. The van der Waals surface area contributed by atoms with Crippen molar-refractivity contribution >= 4 is 0 Å². The summed E-state index contributed by atoms with van der Waals surface area (Å²) < 4.78 is 5.60. The van der Waals surface area contributed by atoms with Crippen LogP contribution in [0.2, 0.25) is 0 Å². The molecule has 1 atom stereocenters. The van der Waals surface area contributed by atoms with Crippen LogP contribution in [-0.4, -0.2) is 42.6 Å². The Morgan fingerprint density at radius 1 is 1.20 bits per heavy atom. The van der Waals surface area contributed by atoms with Gasteiger partial charge in [-0.1, -0.05) is 19.9 Å². The maximum Gasteiger partial charge on any atom is 0.119 e. The zero-order chi connectivity index (χ0) is 15.2. The molecule has 20 heavy (non-hydrogen) atoms. The van der Waals surface area contributed by atoms with E-state index in [1.165, 1.54) is 0 Å². The molecular formula is C16H27NO3. The highest BCUT2D eigenvalue weighted by atomic mass is 16.5. The molecule has 0 bridgehead atoms. The van der Waals surface area contributed by atoms with Gasteiger partial charge in [0.05, 0.1) is 0 Å². The SMILES string of the molecule is Cc1cc(C)cc(OCC(O)CNCC(C)(C)CO)c1. The Bertz CT molecular complexity index is 398. The normalized spacial score (nSPS) is 13.3. The summed E-state index contributed by atoms with van der Waals surface area (Å²) in [5, 5.41) is 22.2. The van der Waals surface area contributed by atoms with Crippen molar-refractivity contribution in [2.45, 2.75) is 33.8 Å². The fraction of sp³-hybridized carbons (Fsp3) is 0.625. The fourth-order valence-electron chi connectivity index (χ4n) is 1.90. The van der Waals surface area contributed by atoms with Crippen LogP contribution >= 0.6 is 0 Å². The van der Waals surface area contributed by atoms with Crippen molar-refractivity contribution in [2.75, 3.05) is 26.3 Å². The molecule has 0 aliphatic rings. The van der Waals surface area contributed by atoms with Gasteiger partial charge in [-0.15, -0.1) is 0 Å². The minimum atomic E-state index is -0.565. The van der Waals surface area contributed by atoms with E-state index in [2.05, 4.69) is 11.4 Å². The van der Waals surface area contributed by atoms with Gasteiger partial charge in [0, 0.05) is 25.1 Å². The zero-order valence-electron chi connectivity index (χ0n) is 12.9. The molecule has 3 N–H and O–H groups in total. The molecule has 0 aliphatic carbocycles. The van der Waals surface area contributed by atoms with Crippen LogP contribution in [0.3, 0.4) is 0 Å². The predicted molar refractivity (Wildman–Crippen MR) is 81.2 cm³/mol. The van der Waals surface area contributed by atoms with Crippen molar-refractivity contribution in [3.63, 3.8) is 0 Å². The van der Waals surface area contributed by atoms with Crippen molar-refractivity contribution in [3.8, 4) is 5.75 Å². The Labute approximate surface area is 121 Å². The number of ether oxygens (including phenoxy) is 1. The van der Waals surface area contributed by atoms with Gasteiger partial charge in [0.2, 0.25) is 0 Å². The predicted octanol–water partition coefficient (Wildman–Crippen LogP) is 1.65. The van der Waals surface area contributed by atoms with E-state index in [1.807, 2.05) is 39.8 Å². The first-order valence-corrected chi connectivity index (χ1v) is 7.03. The van der Waals surface area contributed by atoms with Gasteiger partial charge in [0.15, 0.2) is 0 Å². The Kier molecular flexibility index (Phi) is 6.46.